The van der Waals surface area contributed by atoms with Crippen LogP contribution in [0, 0.1) is 5.82 Å². The Hall–Kier alpha value is -3.23. The van der Waals surface area contributed by atoms with Crippen LogP contribution in [0.25, 0.3) is 0 Å². The molecular formula is C18H16F4N4O. The number of alkyl halides is 3. The second-order valence-corrected chi connectivity index (χ2v) is 5.69. The average Bonchev–Trinajstić information content (AvgIpc) is 2.54. The molecule has 0 aliphatic heterocycles. The van der Waals surface area contributed by atoms with Gasteiger partial charge in [-0.05, 0) is 54.8 Å². The molecule has 5 nitrogen and oxygen atoms in total. The molecule has 0 fully saturated rings. The minimum Gasteiger partial charge on any atom is -0.404 e. The second kappa shape index (κ2) is 7.98. The van der Waals surface area contributed by atoms with E-state index in [0.29, 0.717) is 11.6 Å². The highest BCUT2D eigenvalue weighted by Crippen LogP contribution is 2.31. The van der Waals surface area contributed by atoms with Crippen molar-refractivity contribution in [1.82, 2.24) is 4.98 Å². The fourth-order valence-electron chi connectivity index (χ4n) is 2.40. The smallest absolute Gasteiger partial charge is 0.404 e. The number of amides is 1. The number of carbonyl (C=O) groups is 1. The Morgan fingerprint density at radius 2 is 1.93 bits per heavy atom. The van der Waals surface area contributed by atoms with Gasteiger partial charge in [0.05, 0.1) is 16.8 Å². The molecule has 4 N–H and O–H groups in total. The molecule has 2 rings (SSSR count). The number of aliphatic imine (C=N–C) groups is 1. The van der Waals surface area contributed by atoms with Gasteiger partial charge in [-0.3, -0.25) is 4.79 Å². The van der Waals surface area contributed by atoms with Gasteiger partial charge in [-0.1, -0.05) is 0 Å². The van der Waals surface area contributed by atoms with Crippen LogP contribution in [0.1, 0.15) is 23.6 Å². The molecule has 0 aliphatic carbocycles. The Balaban J connectivity index is 2.32. The molecule has 1 amide bonds. The maximum Gasteiger partial charge on any atom is 0.416 e. The number of hydrogen-bond acceptors (Lipinski definition) is 4. The maximum absolute atomic E-state index is 13.5. The van der Waals surface area contributed by atoms with Gasteiger partial charge in [-0.15, -0.1) is 0 Å². The number of halogens is 4. The van der Waals surface area contributed by atoms with Crippen LogP contribution in [0.3, 0.4) is 0 Å². The van der Waals surface area contributed by atoms with Gasteiger partial charge in [0, 0.05) is 12.4 Å². The summed E-state index contributed by atoms with van der Waals surface area (Å²) < 4.78 is 52.0. The number of primary amides is 1. The molecule has 0 spiro atoms. The van der Waals surface area contributed by atoms with Crippen LogP contribution >= 0.6 is 0 Å². The first-order valence-corrected chi connectivity index (χ1v) is 7.69. The van der Waals surface area contributed by atoms with Gasteiger partial charge in [0.15, 0.2) is 5.82 Å². The number of carbonyl (C=O) groups excluding carboxylic acids is 1. The molecule has 1 heterocycles. The van der Waals surface area contributed by atoms with Crippen molar-refractivity contribution in [2.24, 2.45) is 16.5 Å². The second-order valence-electron chi connectivity index (χ2n) is 5.69. The normalized spacial score (nSPS) is 12.9. The topological polar surface area (TPSA) is 94.4 Å². The van der Waals surface area contributed by atoms with Crippen LogP contribution in [0.4, 0.5) is 23.4 Å². The summed E-state index contributed by atoms with van der Waals surface area (Å²) in [5.74, 6) is -1.52. The summed E-state index contributed by atoms with van der Waals surface area (Å²) in [6.45, 7) is 1.51. The monoisotopic (exact) mass is 380 g/mol. The molecule has 142 valence electrons. The molecule has 0 saturated heterocycles. The highest BCUT2D eigenvalue weighted by Gasteiger charge is 2.31. The Morgan fingerprint density at radius 1 is 1.22 bits per heavy atom. The van der Waals surface area contributed by atoms with Crippen molar-refractivity contribution in [3.8, 4) is 0 Å². The summed E-state index contributed by atoms with van der Waals surface area (Å²) in [7, 11) is 0. The molecule has 0 bridgehead atoms. The van der Waals surface area contributed by atoms with Crippen LogP contribution in [-0.4, -0.2) is 16.6 Å². The van der Waals surface area contributed by atoms with Gasteiger partial charge in [0.1, 0.15) is 5.82 Å². The van der Waals surface area contributed by atoms with Crippen LogP contribution in [0.2, 0.25) is 0 Å². The van der Waals surface area contributed by atoms with Gasteiger partial charge in [-0.25, -0.2) is 14.4 Å². The van der Waals surface area contributed by atoms with E-state index in [2.05, 4.69) is 9.98 Å². The molecule has 0 atom stereocenters. The first-order valence-electron chi connectivity index (χ1n) is 7.69. The third-order valence-corrected chi connectivity index (χ3v) is 3.61. The fraction of sp³-hybridized carbons (Fsp3) is 0.167. The Labute approximate surface area is 152 Å². The van der Waals surface area contributed by atoms with Crippen LogP contribution in [0.5, 0.6) is 0 Å². The first kappa shape index (κ1) is 20.1. The molecule has 0 unspecified atom stereocenters. The van der Waals surface area contributed by atoms with E-state index in [9.17, 15) is 22.4 Å². The van der Waals surface area contributed by atoms with E-state index in [1.807, 2.05) is 0 Å². The summed E-state index contributed by atoms with van der Waals surface area (Å²) in [4.78, 5) is 19.4. The zero-order valence-corrected chi connectivity index (χ0v) is 14.2. The lowest BCUT2D eigenvalue weighted by Crippen LogP contribution is -2.20. The highest BCUT2D eigenvalue weighted by atomic mass is 19.4. The van der Waals surface area contributed by atoms with Crippen LogP contribution in [0.15, 0.2) is 53.3 Å². The lowest BCUT2D eigenvalue weighted by molar-refractivity contribution is -0.137. The number of benzene rings is 1. The SMILES string of the molecule is CC(=Nc1cc(Cc2cc(F)cc(C(F)(F)F)c2)ccn1)/C(=C\N)C(N)=O. The van der Waals surface area contributed by atoms with Gasteiger partial charge in [-0.2, -0.15) is 13.2 Å². The van der Waals surface area contributed by atoms with E-state index in [4.69, 9.17) is 11.5 Å². The van der Waals surface area contributed by atoms with Crippen LogP contribution < -0.4 is 11.5 Å². The Morgan fingerprint density at radius 3 is 2.52 bits per heavy atom. The third kappa shape index (κ3) is 5.37. The van der Waals surface area contributed by atoms with Crippen molar-refractivity contribution in [3.63, 3.8) is 0 Å². The maximum atomic E-state index is 13.5. The predicted octanol–water partition coefficient (Wildman–Crippen LogP) is 3.25. The number of pyridine rings is 1. The number of aromatic nitrogens is 1. The van der Waals surface area contributed by atoms with Gasteiger partial charge in [0.25, 0.3) is 5.91 Å². The van der Waals surface area contributed by atoms with E-state index in [1.54, 1.807) is 6.07 Å². The van der Waals surface area contributed by atoms with Crippen molar-refractivity contribution in [2.45, 2.75) is 19.5 Å². The molecule has 1 aromatic carbocycles. The van der Waals surface area contributed by atoms with E-state index >= 15 is 0 Å². The van der Waals surface area contributed by atoms with Gasteiger partial charge < -0.3 is 11.5 Å². The molecule has 0 saturated carbocycles. The summed E-state index contributed by atoms with van der Waals surface area (Å²) in [6.07, 6.45) is -2.17. The lowest BCUT2D eigenvalue weighted by Gasteiger charge is -2.10. The van der Waals surface area contributed by atoms with E-state index < -0.39 is 23.5 Å². The number of nitrogens with two attached hydrogens (primary N) is 2. The average molecular weight is 380 g/mol. The van der Waals surface area contributed by atoms with Gasteiger partial charge in [0.2, 0.25) is 0 Å². The number of hydrogen-bond donors (Lipinski definition) is 2. The summed E-state index contributed by atoms with van der Waals surface area (Å²) in [5, 5.41) is 0. The minimum absolute atomic E-state index is 0.0159. The standard InChI is InChI=1S/C18H16F4N4O/c1-10(15(9-23)17(24)27)26-16-7-11(2-3-25-16)4-12-5-13(18(20,21)22)8-14(19)6-12/h2-3,5-9H,4,23H2,1H3,(H2,24,27)/b15-9+,26-10?. The molecular weight excluding hydrogens is 364 g/mol. The molecule has 0 radical (unpaired) electrons. The summed E-state index contributed by atoms with van der Waals surface area (Å²) in [6, 6.07) is 5.45. The van der Waals surface area contributed by atoms with E-state index in [0.717, 1.165) is 18.3 Å². The zero-order valence-electron chi connectivity index (χ0n) is 14.2. The first-order chi connectivity index (χ1) is 12.6. The Kier molecular flexibility index (Phi) is 5.94. The van der Waals surface area contributed by atoms with E-state index in [-0.39, 0.29) is 29.1 Å². The van der Waals surface area contributed by atoms with Gasteiger partial charge >= 0.3 is 6.18 Å². The third-order valence-electron chi connectivity index (χ3n) is 3.61. The quantitative estimate of drug-likeness (QED) is 0.474. The lowest BCUT2D eigenvalue weighted by atomic mass is 10.0. The number of nitrogens with zero attached hydrogens (tertiary/aromatic N) is 2. The molecule has 1 aromatic heterocycles. The molecule has 9 heteroatoms. The highest BCUT2D eigenvalue weighted by molar-refractivity contribution is 6.20. The molecule has 27 heavy (non-hydrogen) atoms. The molecule has 2 aromatic rings. The van der Waals surface area contributed by atoms with Crippen molar-refractivity contribution in [2.75, 3.05) is 0 Å². The van der Waals surface area contributed by atoms with E-state index in [1.165, 1.54) is 19.2 Å². The van der Waals surface area contributed by atoms with Crippen molar-refractivity contribution < 1.29 is 22.4 Å². The van der Waals surface area contributed by atoms with Crippen molar-refractivity contribution in [3.05, 3.63) is 70.8 Å². The Bertz CT molecular complexity index is 920. The number of rotatable bonds is 5. The fourth-order valence-corrected chi connectivity index (χ4v) is 2.40. The molecule has 0 aliphatic rings. The van der Waals surface area contributed by atoms with Crippen LogP contribution in [-0.2, 0) is 17.4 Å². The van der Waals surface area contributed by atoms with Crippen molar-refractivity contribution in [1.29, 1.82) is 0 Å². The van der Waals surface area contributed by atoms with Crippen molar-refractivity contribution >= 4 is 17.4 Å². The zero-order chi connectivity index (χ0) is 20.2. The summed E-state index contributed by atoms with van der Waals surface area (Å²) >= 11 is 0. The summed E-state index contributed by atoms with van der Waals surface area (Å²) in [5.41, 5.74) is 10.4. The predicted molar refractivity (Wildman–Crippen MR) is 92.7 cm³/mol. The largest absolute Gasteiger partial charge is 0.416 e. The minimum atomic E-state index is -4.64.